The fourth-order valence-electron chi connectivity index (χ4n) is 4.66. The molecule has 3 heterocycles. The molecule has 142 valence electrons. The van der Waals surface area contributed by atoms with E-state index >= 15 is 0 Å². The molecule has 2 aromatic carbocycles. The van der Waals surface area contributed by atoms with Gasteiger partial charge >= 0.3 is 0 Å². The fourth-order valence-corrected chi connectivity index (χ4v) is 5.04. The van der Waals surface area contributed by atoms with Crippen LogP contribution < -0.4 is 15.4 Å². The number of halogens is 2. The summed E-state index contributed by atoms with van der Waals surface area (Å²) in [4.78, 5) is 3.56. The van der Waals surface area contributed by atoms with Gasteiger partial charge < -0.3 is 20.4 Å². The van der Waals surface area contributed by atoms with E-state index in [2.05, 4.69) is 33.8 Å². The first-order valence-electron chi connectivity index (χ1n) is 9.64. The van der Waals surface area contributed by atoms with Crippen molar-refractivity contribution in [3.63, 3.8) is 0 Å². The molecule has 4 nitrogen and oxygen atoms in total. The highest BCUT2D eigenvalue weighted by Crippen LogP contribution is 2.50. The Kier molecular flexibility index (Phi) is 3.70. The molecular formula is C22H19Cl2N3O. The molecule has 0 spiro atoms. The van der Waals surface area contributed by atoms with Gasteiger partial charge in [-0.1, -0.05) is 35.4 Å². The van der Waals surface area contributed by atoms with E-state index in [1.54, 1.807) is 0 Å². The van der Waals surface area contributed by atoms with Crippen LogP contribution in [-0.4, -0.2) is 30.2 Å². The second kappa shape index (κ2) is 6.18. The number of fused-ring (bicyclic) bond motifs is 6. The average Bonchev–Trinajstić information content (AvgIpc) is 3.39. The number of aromatic nitrogens is 1. The van der Waals surface area contributed by atoms with Gasteiger partial charge in [-0.25, -0.2) is 0 Å². The topological polar surface area (TPSA) is 49.1 Å². The summed E-state index contributed by atoms with van der Waals surface area (Å²) in [5.41, 5.74) is 4.38. The molecule has 1 aromatic heterocycles. The van der Waals surface area contributed by atoms with Crippen molar-refractivity contribution >= 4 is 50.7 Å². The third-order valence-corrected chi connectivity index (χ3v) is 6.49. The lowest BCUT2D eigenvalue weighted by molar-refractivity contribution is 0.227. The Hall–Kier alpha value is -2.14. The van der Waals surface area contributed by atoms with E-state index in [4.69, 9.17) is 27.9 Å². The maximum atomic E-state index is 6.56. The molecule has 0 bridgehead atoms. The van der Waals surface area contributed by atoms with Gasteiger partial charge in [0.15, 0.2) is 5.75 Å². The van der Waals surface area contributed by atoms with Gasteiger partial charge in [0, 0.05) is 38.8 Å². The summed E-state index contributed by atoms with van der Waals surface area (Å²) in [5.74, 6) is 1.10. The molecule has 3 N–H and O–H groups in total. The van der Waals surface area contributed by atoms with Gasteiger partial charge in [-0.15, -0.1) is 0 Å². The van der Waals surface area contributed by atoms with Gasteiger partial charge in [0.05, 0.1) is 17.2 Å². The molecule has 6 heteroatoms. The Balaban J connectivity index is 1.62. The van der Waals surface area contributed by atoms with Crippen LogP contribution in [0.3, 0.4) is 0 Å². The molecule has 0 radical (unpaired) electrons. The van der Waals surface area contributed by atoms with Crippen molar-refractivity contribution < 1.29 is 4.74 Å². The molecule has 2 aliphatic heterocycles. The summed E-state index contributed by atoms with van der Waals surface area (Å²) < 4.78 is 6.56. The first-order chi connectivity index (χ1) is 13.7. The van der Waals surface area contributed by atoms with Gasteiger partial charge in [0.1, 0.15) is 6.10 Å². The van der Waals surface area contributed by atoms with Crippen molar-refractivity contribution in [3.05, 3.63) is 58.1 Å². The number of benzene rings is 2. The smallest absolute Gasteiger partial charge is 0.167 e. The van der Waals surface area contributed by atoms with Crippen LogP contribution in [0.4, 0.5) is 5.69 Å². The third kappa shape index (κ3) is 2.48. The minimum atomic E-state index is 0.170. The Morgan fingerprint density at radius 2 is 2.04 bits per heavy atom. The van der Waals surface area contributed by atoms with Crippen molar-refractivity contribution in [2.75, 3.05) is 18.4 Å². The first-order valence-corrected chi connectivity index (χ1v) is 10.4. The molecule has 3 atom stereocenters. The Morgan fingerprint density at radius 3 is 2.89 bits per heavy atom. The highest BCUT2D eigenvalue weighted by molar-refractivity contribution is 6.32. The predicted octanol–water partition coefficient (Wildman–Crippen LogP) is 5.29. The van der Waals surface area contributed by atoms with E-state index in [9.17, 15) is 0 Å². The number of H-pyrrole nitrogens is 1. The maximum absolute atomic E-state index is 6.56. The molecular weight excluding hydrogens is 393 g/mol. The SMILES string of the molecule is ClC1=CC2c3cc4c([nH]c5ccc(Cl)cc54)c(OC4CCNC4)c3NC2C=C1. The number of hydrogen-bond acceptors (Lipinski definition) is 3. The zero-order chi connectivity index (χ0) is 18.8. The van der Waals surface area contributed by atoms with Crippen LogP contribution in [-0.2, 0) is 0 Å². The number of rotatable bonds is 2. The Morgan fingerprint density at radius 1 is 1.11 bits per heavy atom. The zero-order valence-corrected chi connectivity index (χ0v) is 16.6. The molecule has 28 heavy (non-hydrogen) atoms. The minimum Gasteiger partial charge on any atom is -0.485 e. The summed E-state index contributed by atoms with van der Waals surface area (Å²) in [5, 5.41) is 10.8. The highest BCUT2D eigenvalue weighted by atomic mass is 35.5. The number of hydrogen-bond donors (Lipinski definition) is 3. The Labute approximate surface area is 172 Å². The van der Waals surface area contributed by atoms with Crippen LogP contribution in [0.5, 0.6) is 5.75 Å². The lowest BCUT2D eigenvalue weighted by atomic mass is 9.90. The van der Waals surface area contributed by atoms with Gasteiger partial charge in [-0.2, -0.15) is 0 Å². The van der Waals surface area contributed by atoms with E-state index in [1.807, 2.05) is 24.3 Å². The number of nitrogens with one attached hydrogen (secondary N) is 3. The second-order valence-corrected chi connectivity index (χ2v) is 8.62. The minimum absolute atomic E-state index is 0.170. The average molecular weight is 412 g/mol. The van der Waals surface area contributed by atoms with Crippen LogP contribution in [0.1, 0.15) is 17.9 Å². The molecule has 6 rings (SSSR count). The molecule has 1 fully saturated rings. The normalized spacial score (nSPS) is 25.6. The van der Waals surface area contributed by atoms with Crippen molar-refractivity contribution in [1.29, 1.82) is 0 Å². The zero-order valence-electron chi connectivity index (χ0n) is 15.1. The standard InChI is InChI=1S/C22H19Cl2N3O/c23-11-1-3-18-14(7-11)16-9-17-15-8-12(24)2-4-19(15)27-21(17)22(20(16)26-18)28-13-5-6-25-10-13/h1-4,7-9,13-14,18,25-27H,5-6,10H2. The number of allylic oxidation sites excluding steroid dienone is 2. The molecule has 1 saturated heterocycles. The summed E-state index contributed by atoms with van der Waals surface area (Å²) >= 11 is 12.6. The van der Waals surface area contributed by atoms with Gasteiger partial charge in [-0.05, 0) is 48.9 Å². The van der Waals surface area contributed by atoms with Crippen molar-refractivity contribution in [3.8, 4) is 5.75 Å². The molecule has 3 unspecified atom stereocenters. The van der Waals surface area contributed by atoms with Crippen molar-refractivity contribution in [1.82, 2.24) is 10.3 Å². The van der Waals surface area contributed by atoms with Crippen LogP contribution in [0.2, 0.25) is 5.02 Å². The maximum Gasteiger partial charge on any atom is 0.167 e. The third-order valence-electron chi connectivity index (χ3n) is 6.00. The van der Waals surface area contributed by atoms with E-state index < -0.39 is 0 Å². The van der Waals surface area contributed by atoms with Crippen LogP contribution in [0.15, 0.2) is 47.5 Å². The number of ether oxygens (including phenoxy) is 1. The summed E-state index contributed by atoms with van der Waals surface area (Å²) in [6.45, 7) is 1.86. The molecule has 0 amide bonds. The first kappa shape index (κ1) is 16.8. The largest absolute Gasteiger partial charge is 0.485 e. The summed E-state index contributed by atoms with van der Waals surface area (Å²) in [6.07, 6.45) is 7.40. The van der Waals surface area contributed by atoms with Crippen LogP contribution in [0, 0.1) is 0 Å². The monoisotopic (exact) mass is 411 g/mol. The van der Waals surface area contributed by atoms with Gasteiger partial charge in [-0.3, -0.25) is 0 Å². The molecule has 0 saturated carbocycles. The van der Waals surface area contributed by atoms with E-state index in [1.165, 1.54) is 5.56 Å². The Bertz CT molecular complexity index is 1170. The van der Waals surface area contributed by atoms with Crippen LogP contribution in [0.25, 0.3) is 21.8 Å². The predicted molar refractivity (Wildman–Crippen MR) is 116 cm³/mol. The highest BCUT2D eigenvalue weighted by Gasteiger charge is 2.35. The second-order valence-electron chi connectivity index (χ2n) is 7.75. The van der Waals surface area contributed by atoms with Crippen molar-refractivity contribution in [2.24, 2.45) is 0 Å². The lowest BCUT2D eigenvalue weighted by Crippen LogP contribution is -2.21. The molecule has 3 aliphatic rings. The van der Waals surface area contributed by atoms with E-state index in [-0.39, 0.29) is 18.1 Å². The molecule has 3 aromatic rings. The molecule has 1 aliphatic carbocycles. The van der Waals surface area contributed by atoms with Gasteiger partial charge in [0.2, 0.25) is 0 Å². The quantitative estimate of drug-likeness (QED) is 0.537. The van der Waals surface area contributed by atoms with E-state index in [0.29, 0.717) is 0 Å². The number of aromatic amines is 1. The summed E-state index contributed by atoms with van der Waals surface area (Å²) in [6, 6.07) is 8.42. The van der Waals surface area contributed by atoms with E-state index in [0.717, 1.165) is 62.8 Å². The lowest BCUT2D eigenvalue weighted by Gasteiger charge is -2.17. The van der Waals surface area contributed by atoms with Gasteiger partial charge in [0.25, 0.3) is 0 Å². The number of anilines is 1. The summed E-state index contributed by atoms with van der Waals surface area (Å²) in [7, 11) is 0. The van der Waals surface area contributed by atoms with Crippen LogP contribution >= 0.6 is 23.2 Å². The fraction of sp³-hybridized carbons (Fsp3) is 0.273. The van der Waals surface area contributed by atoms with Crippen molar-refractivity contribution in [2.45, 2.75) is 24.5 Å².